The monoisotopic (exact) mass is 424 g/mol. The van der Waals surface area contributed by atoms with Crippen molar-refractivity contribution in [2.75, 3.05) is 12.0 Å². The summed E-state index contributed by atoms with van der Waals surface area (Å²) < 4.78 is 3.72. The van der Waals surface area contributed by atoms with E-state index in [1.54, 1.807) is 17.8 Å². The van der Waals surface area contributed by atoms with Crippen LogP contribution in [-0.2, 0) is 7.05 Å². The number of rotatable bonds is 7. The number of nitrogens with one attached hydrogen (secondary N) is 2. The summed E-state index contributed by atoms with van der Waals surface area (Å²) in [6, 6.07) is 7.23. The number of H-pyrrole nitrogens is 1. The van der Waals surface area contributed by atoms with E-state index in [0.29, 0.717) is 17.2 Å². The van der Waals surface area contributed by atoms with Crippen molar-refractivity contribution in [2.45, 2.75) is 26.3 Å². The van der Waals surface area contributed by atoms with E-state index in [9.17, 15) is 4.79 Å². The van der Waals surface area contributed by atoms with Crippen LogP contribution in [0, 0.1) is 13.8 Å². The molecule has 9 nitrogen and oxygen atoms in total. The number of nitrogens with zero attached hydrogens (tertiary/aromatic N) is 6. The summed E-state index contributed by atoms with van der Waals surface area (Å²) in [5, 5.41) is 23.3. The van der Waals surface area contributed by atoms with E-state index in [0.717, 1.165) is 34.8 Å². The number of aromatic amines is 1. The number of aromatic nitrogens is 7. The predicted octanol–water partition coefficient (Wildman–Crippen LogP) is 2.69. The van der Waals surface area contributed by atoms with Crippen molar-refractivity contribution in [1.29, 1.82) is 0 Å². The van der Waals surface area contributed by atoms with Crippen LogP contribution in [0.2, 0.25) is 0 Å². The number of amides is 1. The van der Waals surface area contributed by atoms with Crippen molar-refractivity contribution >= 4 is 23.3 Å². The average Bonchev–Trinajstić information content (AvgIpc) is 3.43. The van der Waals surface area contributed by atoms with Gasteiger partial charge in [-0.15, -0.1) is 10.2 Å². The van der Waals surface area contributed by atoms with E-state index in [2.05, 4.69) is 30.8 Å². The van der Waals surface area contributed by atoms with Crippen molar-refractivity contribution in [3.63, 3.8) is 0 Å². The molecule has 1 unspecified atom stereocenters. The zero-order valence-corrected chi connectivity index (χ0v) is 18.2. The Balaban J connectivity index is 1.60. The molecule has 0 spiro atoms. The maximum Gasteiger partial charge on any atom is 0.269 e. The Bertz CT molecular complexity index is 1190. The molecule has 0 aromatic carbocycles. The van der Waals surface area contributed by atoms with Gasteiger partial charge in [0, 0.05) is 24.5 Å². The van der Waals surface area contributed by atoms with E-state index in [-0.39, 0.29) is 11.9 Å². The van der Waals surface area contributed by atoms with Crippen molar-refractivity contribution < 1.29 is 4.79 Å². The number of carbonyl (C=O) groups is 1. The van der Waals surface area contributed by atoms with Crippen LogP contribution in [0.5, 0.6) is 0 Å². The molecule has 4 rings (SSSR count). The molecule has 0 aliphatic carbocycles. The fourth-order valence-electron chi connectivity index (χ4n) is 3.55. The van der Waals surface area contributed by atoms with Crippen LogP contribution in [0.4, 0.5) is 0 Å². The summed E-state index contributed by atoms with van der Waals surface area (Å²) in [5.74, 6) is 1.37. The van der Waals surface area contributed by atoms with Gasteiger partial charge in [-0.25, -0.2) is 0 Å². The summed E-state index contributed by atoms with van der Waals surface area (Å²) in [7, 11) is 1.89. The molecule has 1 amide bonds. The van der Waals surface area contributed by atoms with Crippen LogP contribution in [0.3, 0.4) is 0 Å². The lowest BCUT2D eigenvalue weighted by Gasteiger charge is -2.16. The van der Waals surface area contributed by atoms with Crippen LogP contribution in [0.15, 0.2) is 30.5 Å². The van der Waals surface area contributed by atoms with Gasteiger partial charge in [-0.2, -0.15) is 22.0 Å². The molecule has 156 valence electrons. The lowest BCUT2D eigenvalue weighted by Crippen LogP contribution is -2.30. The molecule has 0 aliphatic rings. The molecule has 4 heterocycles. The molecule has 0 saturated heterocycles. The Morgan fingerprint density at radius 1 is 1.30 bits per heavy atom. The minimum absolute atomic E-state index is 0.230. The Morgan fingerprint density at radius 2 is 2.13 bits per heavy atom. The minimum atomic E-state index is -0.268. The van der Waals surface area contributed by atoms with Crippen LogP contribution >= 0.6 is 11.8 Å². The molecule has 0 saturated carbocycles. The lowest BCUT2D eigenvalue weighted by atomic mass is 10.1. The highest BCUT2D eigenvalue weighted by Gasteiger charge is 2.23. The SMILES string of the molecule is CSCCC(NC(=O)c1cc(-c2c(C)nn(C)c2C)n[nH]1)c1nnc2ccccn12. The number of thioether (sulfide) groups is 1. The van der Waals surface area contributed by atoms with Gasteiger partial charge < -0.3 is 5.32 Å². The maximum absolute atomic E-state index is 13.0. The third-order valence-corrected chi connectivity index (χ3v) is 5.80. The summed E-state index contributed by atoms with van der Waals surface area (Å²) in [6.45, 7) is 3.92. The highest BCUT2D eigenvalue weighted by molar-refractivity contribution is 7.98. The van der Waals surface area contributed by atoms with Crippen LogP contribution in [-0.4, -0.2) is 52.5 Å². The van der Waals surface area contributed by atoms with Gasteiger partial charge in [0.25, 0.3) is 5.91 Å². The smallest absolute Gasteiger partial charge is 0.269 e. The summed E-state index contributed by atoms with van der Waals surface area (Å²) in [4.78, 5) is 13.0. The fourth-order valence-corrected chi connectivity index (χ4v) is 4.02. The van der Waals surface area contributed by atoms with E-state index in [1.165, 1.54) is 0 Å². The van der Waals surface area contributed by atoms with Crippen LogP contribution < -0.4 is 5.32 Å². The van der Waals surface area contributed by atoms with Gasteiger partial charge in [0.15, 0.2) is 11.5 Å². The normalized spacial score (nSPS) is 12.4. The van der Waals surface area contributed by atoms with Gasteiger partial charge in [0.1, 0.15) is 5.69 Å². The predicted molar refractivity (Wildman–Crippen MR) is 116 cm³/mol. The second-order valence-electron chi connectivity index (χ2n) is 7.13. The third-order valence-electron chi connectivity index (χ3n) is 5.16. The minimum Gasteiger partial charge on any atom is -0.341 e. The molecule has 4 aromatic heterocycles. The largest absolute Gasteiger partial charge is 0.341 e. The Kier molecular flexibility index (Phi) is 5.58. The van der Waals surface area contributed by atoms with Gasteiger partial charge >= 0.3 is 0 Å². The highest BCUT2D eigenvalue weighted by atomic mass is 32.2. The number of hydrogen-bond acceptors (Lipinski definition) is 6. The van der Waals surface area contributed by atoms with Gasteiger partial charge in [0.05, 0.1) is 17.4 Å². The number of aryl methyl sites for hydroxylation is 2. The van der Waals surface area contributed by atoms with Gasteiger partial charge in [0.2, 0.25) is 0 Å². The first-order valence-corrected chi connectivity index (χ1v) is 11.0. The zero-order chi connectivity index (χ0) is 21.3. The molecule has 0 aliphatic heterocycles. The maximum atomic E-state index is 13.0. The van der Waals surface area contributed by atoms with Gasteiger partial charge in [-0.3, -0.25) is 19.0 Å². The summed E-state index contributed by atoms with van der Waals surface area (Å²) >= 11 is 1.72. The van der Waals surface area contributed by atoms with E-state index in [1.807, 2.05) is 60.6 Å². The lowest BCUT2D eigenvalue weighted by molar-refractivity contribution is 0.0928. The number of carbonyl (C=O) groups excluding carboxylic acids is 1. The van der Waals surface area contributed by atoms with E-state index < -0.39 is 0 Å². The van der Waals surface area contributed by atoms with E-state index >= 15 is 0 Å². The van der Waals surface area contributed by atoms with Crippen LogP contribution in [0.25, 0.3) is 16.9 Å². The van der Waals surface area contributed by atoms with Crippen LogP contribution in [0.1, 0.15) is 40.2 Å². The van der Waals surface area contributed by atoms with Gasteiger partial charge in [-0.05, 0) is 50.5 Å². The highest BCUT2D eigenvalue weighted by Crippen LogP contribution is 2.25. The molecule has 0 bridgehead atoms. The second-order valence-corrected chi connectivity index (χ2v) is 8.12. The first-order chi connectivity index (χ1) is 14.5. The zero-order valence-electron chi connectivity index (χ0n) is 17.4. The molecule has 0 fully saturated rings. The molecule has 1 atom stereocenters. The first-order valence-electron chi connectivity index (χ1n) is 9.65. The fraction of sp³-hybridized carbons (Fsp3) is 0.350. The topological polar surface area (TPSA) is 106 Å². The molecule has 0 radical (unpaired) electrons. The Morgan fingerprint density at radius 3 is 2.87 bits per heavy atom. The third kappa shape index (κ3) is 3.70. The number of hydrogen-bond donors (Lipinski definition) is 2. The molecule has 30 heavy (non-hydrogen) atoms. The van der Waals surface area contributed by atoms with Crippen molar-refractivity contribution in [3.05, 3.63) is 53.4 Å². The molecule has 10 heteroatoms. The number of fused-ring (bicyclic) bond motifs is 1. The first kappa shape index (κ1) is 20.1. The standard InChI is InChI=1S/C20H24N8OS/c1-12-18(13(2)27(3)26-12)15-11-16(23-22-15)20(29)21-14(8-10-30-4)19-25-24-17-7-5-6-9-28(17)19/h5-7,9,11,14H,8,10H2,1-4H3,(H,21,29)(H,22,23). The molecular formula is C20H24N8OS. The number of pyridine rings is 1. The Labute approximate surface area is 178 Å². The second kappa shape index (κ2) is 8.31. The molecular weight excluding hydrogens is 400 g/mol. The summed E-state index contributed by atoms with van der Waals surface area (Å²) in [5.41, 5.74) is 4.67. The molecule has 4 aromatic rings. The Hall–Kier alpha value is -3.14. The van der Waals surface area contributed by atoms with Crippen molar-refractivity contribution in [2.24, 2.45) is 7.05 Å². The average molecular weight is 425 g/mol. The summed E-state index contributed by atoms with van der Waals surface area (Å²) in [6.07, 6.45) is 4.69. The van der Waals surface area contributed by atoms with Crippen molar-refractivity contribution in [1.82, 2.24) is 39.9 Å². The van der Waals surface area contributed by atoms with Gasteiger partial charge in [-0.1, -0.05) is 6.07 Å². The molecule has 2 N–H and O–H groups in total. The van der Waals surface area contributed by atoms with Crippen molar-refractivity contribution in [3.8, 4) is 11.3 Å². The van der Waals surface area contributed by atoms with E-state index in [4.69, 9.17) is 0 Å². The quantitative estimate of drug-likeness (QED) is 0.472.